The fourth-order valence-electron chi connectivity index (χ4n) is 6.23. The summed E-state index contributed by atoms with van der Waals surface area (Å²) in [5.74, 6) is -0.190. The zero-order valence-electron chi connectivity index (χ0n) is 24.8. The summed E-state index contributed by atoms with van der Waals surface area (Å²) in [4.78, 5) is 27.8. The SMILES string of the molecule is C[C@H](NC(c1ccccc1)(c1ccccc1)c1ccccc1)C(=O)Oc1ccccc1-n1c(=O)n(C2CC2)c2ccc(Cl)cc21. The number of nitrogens with zero attached hydrogens (tertiary/aromatic N) is 2. The van der Waals surface area contributed by atoms with Crippen LogP contribution in [-0.2, 0) is 10.3 Å². The van der Waals surface area contributed by atoms with Crippen molar-refractivity contribution in [2.75, 3.05) is 0 Å². The molecule has 1 fully saturated rings. The first-order valence-electron chi connectivity index (χ1n) is 15.2. The molecule has 0 saturated heterocycles. The number of benzene rings is 5. The Labute approximate surface area is 266 Å². The highest BCUT2D eigenvalue weighted by atomic mass is 35.5. The highest BCUT2D eigenvalue weighted by Gasteiger charge is 2.39. The largest absolute Gasteiger partial charge is 0.423 e. The smallest absolute Gasteiger partial charge is 0.334 e. The lowest BCUT2D eigenvalue weighted by Gasteiger charge is -2.38. The standard InChI is InChI=1S/C38H32ClN3O3/c1-26(40-38(27-13-5-2-6-14-27,28-15-7-3-8-16-28)29-17-9-4-10-18-29)36(43)45-35-20-12-11-19-33(35)42-34-25-30(39)21-24-32(34)41(37(42)44)31-22-23-31/h2-21,24-26,31,40H,22-23H2,1H3/t26-/m0/s1. The summed E-state index contributed by atoms with van der Waals surface area (Å²) in [5.41, 5.74) is 3.88. The molecule has 1 aliphatic carbocycles. The van der Waals surface area contributed by atoms with Crippen LogP contribution in [0.25, 0.3) is 16.7 Å². The normalized spacial score (nSPS) is 13.9. The Morgan fingerprint density at radius 1 is 0.778 bits per heavy atom. The molecule has 1 aromatic heterocycles. The van der Waals surface area contributed by atoms with E-state index in [0.717, 1.165) is 35.0 Å². The number of ether oxygens (including phenoxy) is 1. The monoisotopic (exact) mass is 613 g/mol. The Balaban J connectivity index is 1.28. The molecule has 7 heteroatoms. The maximum Gasteiger partial charge on any atom is 0.334 e. The first kappa shape index (κ1) is 28.8. The summed E-state index contributed by atoms with van der Waals surface area (Å²) >= 11 is 6.40. The quantitative estimate of drug-likeness (QED) is 0.103. The van der Waals surface area contributed by atoms with E-state index in [-0.39, 0.29) is 17.5 Å². The lowest BCUT2D eigenvalue weighted by atomic mass is 9.76. The van der Waals surface area contributed by atoms with E-state index in [1.807, 2.05) is 71.3 Å². The summed E-state index contributed by atoms with van der Waals surface area (Å²) < 4.78 is 9.55. The minimum absolute atomic E-state index is 0.156. The topological polar surface area (TPSA) is 65.3 Å². The van der Waals surface area contributed by atoms with Gasteiger partial charge in [-0.2, -0.15) is 0 Å². The van der Waals surface area contributed by atoms with Crippen molar-refractivity contribution in [1.29, 1.82) is 0 Å². The zero-order chi connectivity index (χ0) is 31.0. The Hall–Kier alpha value is -4.91. The second kappa shape index (κ2) is 11.9. The van der Waals surface area contributed by atoms with Gasteiger partial charge in [-0.3, -0.25) is 14.5 Å². The fraction of sp³-hybridized carbons (Fsp3) is 0.158. The van der Waals surface area contributed by atoms with Gasteiger partial charge in [0.1, 0.15) is 6.04 Å². The Bertz CT molecular complexity index is 1940. The maximum atomic E-state index is 14.0. The van der Waals surface area contributed by atoms with Gasteiger partial charge in [-0.15, -0.1) is 0 Å². The second-order valence-corrected chi connectivity index (χ2v) is 11.9. The number of carbonyl (C=O) groups excluding carboxylic acids is 1. The number of fused-ring (bicyclic) bond motifs is 1. The first-order valence-corrected chi connectivity index (χ1v) is 15.5. The number of nitrogens with one attached hydrogen (secondary N) is 1. The second-order valence-electron chi connectivity index (χ2n) is 11.5. The van der Waals surface area contributed by atoms with Crippen molar-refractivity contribution in [3.05, 3.63) is 166 Å². The number of aromatic nitrogens is 2. The van der Waals surface area contributed by atoms with Crippen LogP contribution >= 0.6 is 11.6 Å². The van der Waals surface area contributed by atoms with Gasteiger partial charge in [0.25, 0.3) is 0 Å². The van der Waals surface area contributed by atoms with Crippen LogP contribution in [0.4, 0.5) is 0 Å². The van der Waals surface area contributed by atoms with Crippen LogP contribution in [0.1, 0.15) is 42.5 Å². The van der Waals surface area contributed by atoms with Gasteiger partial charge in [-0.05, 0) is 66.8 Å². The van der Waals surface area contributed by atoms with Gasteiger partial charge in [-0.1, -0.05) is 115 Å². The molecule has 6 aromatic rings. The van der Waals surface area contributed by atoms with E-state index in [0.29, 0.717) is 16.2 Å². The molecule has 0 radical (unpaired) electrons. The van der Waals surface area contributed by atoms with Gasteiger partial charge in [0, 0.05) is 11.1 Å². The third kappa shape index (κ3) is 5.26. The van der Waals surface area contributed by atoms with Gasteiger partial charge in [0.2, 0.25) is 0 Å². The average Bonchev–Trinajstić information content (AvgIpc) is 3.87. The predicted octanol–water partition coefficient (Wildman–Crippen LogP) is 7.66. The van der Waals surface area contributed by atoms with Gasteiger partial charge in [-0.25, -0.2) is 9.59 Å². The zero-order valence-corrected chi connectivity index (χ0v) is 25.5. The van der Waals surface area contributed by atoms with E-state index in [1.54, 1.807) is 41.8 Å². The molecule has 1 atom stereocenters. The van der Waals surface area contributed by atoms with E-state index in [2.05, 4.69) is 41.7 Å². The number of carbonyl (C=O) groups is 1. The van der Waals surface area contributed by atoms with E-state index < -0.39 is 17.6 Å². The van der Waals surface area contributed by atoms with E-state index in [9.17, 15) is 9.59 Å². The van der Waals surface area contributed by atoms with Crippen molar-refractivity contribution < 1.29 is 9.53 Å². The van der Waals surface area contributed by atoms with Crippen molar-refractivity contribution >= 4 is 28.6 Å². The number of imidazole rings is 1. The number of hydrogen-bond donors (Lipinski definition) is 1. The molecule has 1 heterocycles. The summed E-state index contributed by atoms with van der Waals surface area (Å²) in [5, 5.41) is 4.19. The minimum Gasteiger partial charge on any atom is -0.423 e. The summed E-state index contributed by atoms with van der Waals surface area (Å²) in [7, 11) is 0. The molecule has 1 N–H and O–H groups in total. The van der Waals surface area contributed by atoms with Gasteiger partial charge < -0.3 is 4.74 Å². The number of rotatable bonds is 9. The van der Waals surface area contributed by atoms with Crippen LogP contribution in [0.15, 0.2) is 138 Å². The molecule has 0 spiro atoms. The van der Waals surface area contributed by atoms with Crippen molar-refractivity contribution in [1.82, 2.24) is 14.5 Å². The molecule has 6 nitrogen and oxygen atoms in total. The average molecular weight is 614 g/mol. The molecule has 5 aromatic carbocycles. The van der Waals surface area contributed by atoms with Crippen LogP contribution in [0.5, 0.6) is 5.75 Å². The fourth-order valence-corrected chi connectivity index (χ4v) is 6.40. The van der Waals surface area contributed by atoms with E-state index in [4.69, 9.17) is 16.3 Å². The van der Waals surface area contributed by atoms with Crippen molar-refractivity contribution in [3.63, 3.8) is 0 Å². The molecule has 0 aliphatic heterocycles. The molecule has 45 heavy (non-hydrogen) atoms. The van der Waals surface area contributed by atoms with E-state index >= 15 is 0 Å². The van der Waals surface area contributed by atoms with Crippen molar-refractivity contribution in [2.24, 2.45) is 0 Å². The van der Waals surface area contributed by atoms with Crippen LogP contribution < -0.4 is 15.7 Å². The molecule has 7 rings (SSSR count). The number of halogens is 1. The van der Waals surface area contributed by atoms with E-state index in [1.165, 1.54) is 0 Å². The highest BCUT2D eigenvalue weighted by Crippen LogP contribution is 2.39. The van der Waals surface area contributed by atoms with Gasteiger partial charge in [0.05, 0.1) is 22.3 Å². The molecule has 0 unspecified atom stereocenters. The molecule has 0 bridgehead atoms. The van der Waals surface area contributed by atoms with Crippen molar-refractivity contribution in [3.8, 4) is 11.4 Å². The number of hydrogen-bond acceptors (Lipinski definition) is 4. The third-order valence-electron chi connectivity index (χ3n) is 8.47. The summed E-state index contributed by atoms with van der Waals surface area (Å²) in [6, 6.07) is 42.3. The number of para-hydroxylation sites is 2. The first-order chi connectivity index (χ1) is 22.0. The molecule has 224 valence electrons. The van der Waals surface area contributed by atoms with Gasteiger partial charge in [0.15, 0.2) is 5.75 Å². The Kier molecular flexibility index (Phi) is 7.61. The predicted molar refractivity (Wildman–Crippen MR) is 178 cm³/mol. The highest BCUT2D eigenvalue weighted by molar-refractivity contribution is 6.31. The van der Waals surface area contributed by atoms with Crippen molar-refractivity contribution in [2.45, 2.75) is 37.4 Å². The number of esters is 1. The lowest BCUT2D eigenvalue weighted by molar-refractivity contribution is -0.136. The molecule has 1 saturated carbocycles. The van der Waals surface area contributed by atoms with Gasteiger partial charge >= 0.3 is 11.7 Å². The van der Waals surface area contributed by atoms with Crippen LogP contribution in [-0.4, -0.2) is 21.1 Å². The minimum atomic E-state index is -0.854. The summed E-state index contributed by atoms with van der Waals surface area (Å²) in [6.45, 7) is 1.80. The summed E-state index contributed by atoms with van der Waals surface area (Å²) in [6.07, 6.45) is 1.90. The maximum absolute atomic E-state index is 14.0. The molecule has 0 amide bonds. The Morgan fingerprint density at radius 3 is 1.87 bits per heavy atom. The lowest BCUT2D eigenvalue weighted by Crippen LogP contribution is -2.52. The van der Waals surface area contributed by atoms with Crippen LogP contribution in [0.2, 0.25) is 5.02 Å². The van der Waals surface area contributed by atoms with Crippen LogP contribution in [0, 0.1) is 0 Å². The molecular formula is C38H32ClN3O3. The molecular weight excluding hydrogens is 582 g/mol. The van der Waals surface area contributed by atoms with Crippen LogP contribution in [0.3, 0.4) is 0 Å². The third-order valence-corrected chi connectivity index (χ3v) is 8.71. The molecule has 1 aliphatic rings. The Morgan fingerprint density at radius 2 is 1.31 bits per heavy atom.